The predicted molar refractivity (Wildman–Crippen MR) is 80.3 cm³/mol. The van der Waals surface area contributed by atoms with Crippen molar-refractivity contribution in [3.8, 4) is 0 Å². The third kappa shape index (κ3) is 3.88. The Morgan fingerprint density at radius 3 is 2.05 bits per heavy atom. The Kier molecular flexibility index (Phi) is 6.17. The minimum Gasteiger partial charge on any atom is -0.332 e. The quantitative estimate of drug-likeness (QED) is 0.725. The van der Waals surface area contributed by atoms with E-state index in [1.807, 2.05) is 6.92 Å². The molecule has 0 N–H and O–H groups in total. The topological polar surface area (TPSA) is 40.6 Å². The van der Waals surface area contributed by atoms with Crippen molar-refractivity contribution in [1.29, 1.82) is 0 Å². The first-order valence-corrected chi connectivity index (χ1v) is 7.81. The zero-order valence-electron chi connectivity index (χ0n) is 12.3. The third-order valence-corrected chi connectivity index (χ3v) is 4.88. The van der Waals surface area contributed by atoms with E-state index >= 15 is 0 Å². The molecule has 0 unspecified atom stereocenters. The number of hydrogen-bond acceptors (Lipinski definition) is 3. The molecule has 0 saturated carbocycles. The highest BCUT2D eigenvalue weighted by Gasteiger charge is 2.35. The Hall–Kier alpha value is -0.710. The molecule has 0 aliphatic carbocycles. The van der Waals surface area contributed by atoms with Crippen LogP contribution in [0.15, 0.2) is 0 Å². The molecule has 0 atom stereocenters. The standard InChI is InChI=1S/C14H26N2O2S/c1-4-7-15-8-13(18)16(9-12(15)17)10-14(5-2,6-3)11-19/h19H,4-11H2,1-3H3. The molecule has 1 heterocycles. The van der Waals surface area contributed by atoms with Gasteiger partial charge in [0.25, 0.3) is 0 Å². The number of amides is 2. The molecule has 1 aliphatic rings. The summed E-state index contributed by atoms with van der Waals surface area (Å²) in [5.74, 6) is 0.888. The van der Waals surface area contributed by atoms with E-state index in [9.17, 15) is 9.59 Å². The van der Waals surface area contributed by atoms with Gasteiger partial charge in [-0.15, -0.1) is 0 Å². The van der Waals surface area contributed by atoms with Gasteiger partial charge in [0.1, 0.15) is 0 Å². The van der Waals surface area contributed by atoms with Crippen molar-refractivity contribution in [2.24, 2.45) is 5.41 Å². The zero-order valence-corrected chi connectivity index (χ0v) is 13.2. The van der Waals surface area contributed by atoms with Crippen molar-refractivity contribution < 1.29 is 9.59 Å². The van der Waals surface area contributed by atoms with Crippen LogP contribution in [0.3, 0.4) is 0 Å². The Labute approximate surface area is 121 Å². The predicted octanol–water partition coefficient (Wildman–Crippen LogP) is 1.80. The Balaban J connectivity index is 2.70. The highest BCUT2D eigenvalue weighted by atomic mass is 32.1. The average molecular weight is 286 g/mol. The van der Waals surface area contributed by atoms with Gasteiger partial charge in [-0.3, -0.25) is 9.59 Å². The molecule has 0 spiro atoms. The van der Waals surface area contributed by atoms with Crippen molar-refractivity contribution in [2.45, 2.75) is 40.0 Å². The van der Waals surface area contributed by atoms with Crippen molar-refractivity contribution in [1.82, 2.24) is 9.80 Å². The Morgan fingerprint density at radius 1 is 1.05 bits per heavy atom. The lowest BCUT2D eigenvalue weighted by molar-refractivity contribution is -0.151. The number of carbonyl (C=O) groups excluding carboxylic acids is 2. The van der Waals surface area contributed by atoms with Crippen LogP contribution in [0, 0.1) is 5.41 Å². The molecule has 1 aliphatic heterocycles. The normalized spacial score (nSPS) is 17.3. The summed E-state index contributed by atoms with van der Waals surface area (Å²) in [6.07, 6.45) is 2.84. The number of hydrogen-bond donors (Lipinski definition) is 1. The molecule has 1 saturated heterocycles. The zero-order chi connectivity index (χ0) is 14.5. The Bertz CT molecular complexity index is 321. The van der Waals surface area contributed by atoms with Crippen LogP contribution in [0.1, 0.15) is 40.0 Å². The van der Waals surface area contributed by atoms with E-state index in [0.717, 1.165) is 25.0 Å². The summed E-state index contributed by atoms with van der Waals surface area (Å²) in [7, 11) is 0. The first-order valence-electron chi connectivity index (χ1n) is 7.18. The van der Waals surface area contributed by atoms with Gasteiger partial charge in [-0.05, 0) is 30.4 Å². The fourth-order valence-corrected chi connectivity index (χ4v) is 3.02. The molecule has 19 heavy (non-hydrogen) atoms. The van der Waals surface area contributed by atoms with Gasteiger partial charge in [0.05, 0.1) is 13.1 Å². The SMILES string of the molecule is CCCN1CC(=O)N(CC(CC)(CC)CS)CC1=O. The highest BCUT2D eigenvalue weighted by molar-refractivity contribution is 7.80. The second-order valence-electron chi connectivity index (χ2n) is 5.43. The fourth-order valence-electron chi connectivity index (χ4n) is 2.47. The van der Waals surface area contributed by atoms with Crippen molar-refractivity contribution >= 4 is 24.4 Å². The van der Waals surface area contributed by atoms with Crippen LogP contribution in [-0.2, 0) is 9.59 Å². The summed E-state index contributed by atoms with van der Waals surface area (Å²) < 4.78 is 0. The second-order valence-corrected chi connectivity index (χ2v) is 5.75. The van der Waals surface area contributed by atoms with Gasteiger partial charge in [-0.25, -0.2) is 0 Å². The summed E-state index contributed by atoms with van der Waals surface area (Å²) in [6.45, 7) is 8.06. The second kappa shape index (κ2) is 7.17. The van der Waals surface area contributed by atoms with Gasteiger partial charge in [-0.1, -0.05) is 20.8 Å². The minimum absolute atomic E-state index is 0.0337. The first-order chi connectivity index (χ1) is 9.01. The van der Waals surface area contributed by atoms with Crippen molar-refractivity contribution in [3.63, 3.8) is 0 Å². The smallest absolute Gasteiger partial charge is 0.242 e. The monoisotopic (exact) mass is 286 g/mol. The van der Waals surface area contributed by atoms with Crippen LogP contribution in [-0.4, -0.2) is 53.5 Å². The van der Waals surface area contributed by atoms with Crippen LogP contribution in [0.25, 0.3) is 0 Å². The van der Waals surface area contributed by atoms with Gasteiger partial charge in [0.2, 0.25) is 11.8 Å². The largest absolute Gasteiger partial charge is 0.332 e. The highest BCUT2D eigenvalue weighted by Crippen LogP contribution is 2.29. The summed E-state index contributed by atoms with van der Waals surface area (Å²) in [4.78, 5) is 27.5. The van der Waals surface area contributed by atoms with Crippen LogP contribution in [0.2, 0.25) is 0 Å². The lowest BCUT2D eigenvalue weighted by Crippen LogP contribution is -2.56. The number of rotatable bonds is 7. The molecule has 0 bridgehead atoms. The molecular formula is C14H26N2O2S. The lowest BCUT2D eigenvalue weighted by Gasteiger charge is -2.40. The van der Waals surface area contributed by atoms with E-state index in [1.165, 1.54) is 0 Å². The van der Waals surface area contributed by atoms with Gasteiger partial charge in [-0.2, -0.15) is 12.6 Å². The number of carbonyl (C=O) groups is 2. The minimum atomic E-state index is 0.0337. The van der Waals surface area contributed by atoms with Gasteiger partial charge >= 0.3 is 0 Å². The number of piperazine rings is 1. The van der Waals surface area contributed by atoms with Crippen LogP contribution in [0.5, 0.6) is 0 Å². The summed E-state index contributed by atoms with van der Waals surface area (Å²) in [5.41, 5.74) is 0.0337. The summed E-state index contributed by atoms with van der Waals surface area (Å²) in [6, 6.07) is 0. The maximum absolute atomic E-state index is 12.2. The number of nitrogens with zero attached hydrogens (tertiary/aromatic N) is 2. The molecule has 4 nitrogen and oxygen atoms in total. The maximum Gasteiger partial charge on any atom is 0.242 e. The molecule has 0 aromatic rings. The summed E-state index contributed by atoms with van der Waals surface area (Å²) in [5, 5.41) is 0. The van der Waals surface area contributed by atoms with E-state index in [0.29, 0.717) is 13.1 Å². The number of thiol groups is 1. The molecule has 2 amide bonds. The molecule has 5 heteroatoms. The Morgan fingerprint density at radius 2 is 1.58 bits per heavy atom. The van der Waals surface area contributed by atoms with Crippen molar-refractivity contribution in [2.75, 3.05) is 31.9 Å². The third-order valence-electron chi connectivity index (χ3n) is 4.21. The molecule has 0 aromatic carbocycles. The first kappa shape index (κ1) is 16.3. The van der Waals surface area contributed by atoms with E-state index in [4.69, 9.17) is 0 Å². The van der Waals surface area contributed by atoms with E-state index in [1.54, 1.807) is 9.80 Å². The van der Waals surface area contributed by atoms with Crippen molar-refractivity contribution in [3.05, 3.63) is 0 Å². The molecular weight excluding hydrogens is 260 g/mol. The molecule has 110 valence electrons. The van der Waals surface area contributed by atoms with E-state index in [2.05, 4.69) is 26.5 Å². The maximum atomic E-state index is 12.2. The average Bonchev–Trinajstić information content (AvgIpc) is 2.42. The molecule has 1 rings (SSSR count). The van der Waals surface area contributed by atoms with Gasteiger partial charge in [0, 0.05) is 13.1 Å². The lowest BCUT2D eigenvalue weighted by atomic mass is 9.83. The van der Waals surface area contributed by atoms with E-state index < -0.39 is 0 Å². The van der Waals surface area contributed by atoms with Gasteiger partial charge in [0.15, 0.2) is 0 Å². The van der Waals surface area contributed by atoms with E-state index in [-0.39, 0.29) is 30.3 Å². The van der Waals surface area contributed by atoms with Crippen LogP contribution < -0.4 is 0 Å². The summed E-state index contributed by atoms with van der Waals surface area (Å²) >= 11 is 4.43. The van der Waals surface area contributed by atoms with Crippen LogP contribution in [0.4, 0.5) is 0 Å². The molecule has 1 fully saturated rings. The fraction of sp³-hybridized carbons (Fsp3) is 0.857. The molecule has 0 radical (unpaired) electrons. The van der Waals surface area contributed by atoms with Crippen LogP contribution >= 0.6 is 12.6 Å². The van der Waals surface area contributed by atoms with Gasteiger partial charge < -0.3 is 9.80 Å². The molecule has 0 aromatic heterocycles.